The summed E-state index contributed by atoms with van der Waals surface area (Å²) in [5.74, 6) is 0.217. The van der Waals surface area contributed by atoms with Crippen LogP contribution in [0.2, 0.25) is 0 Å². The van der Waals surface area contributed by atoms with E-state index < -0.39 is 0 Å². The molecule has 0 saturated carbocycles. The summed E-state index contributed by atoms with van der Waals surface area (Å²) >= 11 is 0. The number of pyridine rings is 2. The van der Waals surface area contributed by atoms with E-state index in [0.717, 1.165) is 44.3 Å². The van der Waals surface area contributed by atoms with Gasteiger partial charge in [0.2, 0.25) is 0 Å². The minimum Gasteiger partial charge on any atom is -0.507 e. The number of phenols is 1. The summed E-state index contributed by atoms with van der Waals surface area (Å²) in [7, 11) is 0. The molecule has 0 unspecified atom stereocenters. The molecule has 0 atom stereocenters. The predicted molar refractivity (Wildman–Crippen MR) is 164 cm³/mol. The third-order valence-corrected chi connectivity index (χ3v) is 7.73. The summed E-state index contributed by atoms with van der Waals surface area (Å²) in [5.41, 5.74) is 8.80. The van der Waals surface area contributed by atoms with Crippen LogP contribution < -0.4 is 0 Å². The Morgan fingerprint density at radius 3 is 1.95 bits per heavy atom. The van der Waals surface area contributed by atoms with Gasteiger partial charge in [-0.15, -0.1) is 0 Å². The predicted octanol–water partition coefficient (Wildman–Crippen LogP) is 8.92. The lowest BCUT2D eigenvalue weighted by atomic mass is 10.0. The van der Waals surface area contributed by atoms with Gasteiger partial charge in [-0.3, -0.25) is 4.98 Å². The van der Waals surface area contributed by atoms with Crippen molar-refractivity contribution in [3.8, 4) is 33.8 Å². The van der Waals surface area contributed by atoms with Crippen molar-refractivity contribution < 1.29 is 5.11 Å². The van der Waals surface area contributed by atoms with Crippen LogP contribution in [0, 0.1) is 0 Å². The fraction of sp³-hybridized carbons (Fsp3) is 0. The molecule has 3 aromatic heterocycles. The molecule has 0 amide bonds. The van der Waals surface area contributed by atoms with E-state index in [1.54, 1.807) is 6.07 Å². The highest BCUT2D eigenvalue weighted by atomic mass is 16.3. The van der Waals surface area contributed by atoms with Crippen LogP contribution in [0.15, 0.2) is 134 Å². The number of nitrogens with zero attached hydrogens (tertiary/aromatic N) is 3. The molecule has 40 heavy (non-hydrogen) atoms. The second-order valence-corrected chi connectivity index (χ2v) is 10.1. The first-order chi connectivity index (χ1) is 19.7. The number of hydrogen-bond acceptors (Lipinski definition) is 3. The Balaban J connectivity index is 1.21. The molecule has 0 saturated heterocycles. The Kier molecular flexibility index (Phi) is 4.94. The van der Waals surface area contributed by atoms with Gasteiger partial charge in [0.15, 0.2) is 0 Å². The summed E-state index contributed by atoms with van der Waals surface area (Å²) in [4.78, 5) is 9.77. The van der Waals surface area contributed by atoms with E-state index >= 15 is 0 Å². The maximum atomic E-state index is 10.3. The van der Waals surface area contributed by atoms with E-state index in [0.29, 0.717) is 5.56 Å². The van der Waals surface area contributed by atoms with Crippen molar-refractivity contribution >= 4 is 43.6 Å². The van der Waals surface area contributed by atoms with Crippen molar-refractivity contribution in [2.75, 3.05) is 0 Å². The molecule has 3 heterocycles. The zero-order valence-corrected chi connectivity index (χ0v) is 21.5. The second-order valence-electron chi connectivity index (χ2n) is 10.1. The highest BCUT2D eigenvalue weighted by Crippen LogP contribution is 2.34. The summed E-state index contributed by atoms with van der Waals surface area (Å²) in [5, 5.41) is 14.9. The molecular formula is C36H23N3O. The van der Waals surface area contributed by atoms with Gasteiger partial charge in [0.25, 0.3) is 0 Å². The highest BCUT2D eigenvalue weighted by molar-refractivity contribution is 6.09. The summed E-state index contributed by atoms with van der Waals surface area (Å²) < 4.78 is 2.33. The lowest BCUT2D eigenvalue weighted by Gasteiger charge is -2.10. The van der Waals surface area contributed by atoms with Gasteiger partial charge in [-0.25, -0.2) is 4.98 Å². The molecule has 4 nitrogen and oxygen atoms in total. The van der Waals surface area contributed by atoms with Gasteiger partial charge in [0.1, 0.15) is 5.75 Å². The van der Waals surface area contributed by atoms with Crippen LogP contribution in [0.3, 0.4) is 0 Å². The van der Waals surface area contributed by atoms with E-state index in [9.17, 15) is 5.11 Å². The van der Waals surface area contributed by atoms with Gasteiger partial charge >= 0.3 is 0 Å². The van der Waals surface area contributed by atoms with Gasteiger partial charge in [0.05, 0.1) is 27.8 Å². The normalized spacial score (nSPS) is 11.6. The SMILES string of the molecule is Oc1ccccc1-c1ccc2ccc3cc(-c4ccc(-n5c6ccccc6c6ccccc65)cc4)cnc3c2n1. The Morgan fingerprint density at radius 1 is 0.550 bits per heavy atom. The van der Waals surface area contributed by atoms with Crippen LogP contribution in [0.25, 0.3) is 71.7 Å². The molecule has 0 aliphatic heterocycles. The monoisotopic (exact) mass is 513 g/mol. The Morgan fingerprint density at radius 2 is 1.20 bits per heavy atom. The minimum atomic E-state index is 0.217. The number of fused-ring (bicyclic) bond motifs is 6. The van der Waals surface area contributed by atoms with Crippen molar-refractivity contribution in [1.82, 2.24) is 14.5 Å². The number of benzene rings is 5. The number of hydrogen-bond donors (Lipinski definition) is 1. The molecule has 0 bridgehead atoms. The minimum absolute atomic E-state index is 0.217. The molecule has 0 aliphatic carbocycles. The van der Waals surface area contributed by atoms with Crippen molar-refractivity contribution in [1.29, 1.82) is 0 Å². The Hall–Kier alpha value is -5.48. The third-order valence-electron chi connectivity index (χ3n) is 7.73. The molecular weight excluding hydrogens is 490 g/mol. The standard InChI is InChI=1S/C36H23N3O/c40-34-12-6-3-9-30(34)31-20-17-24-13-14-25-21-26(22-37-35(25)36(24)38-31)23-15-18-27(19-16-23)39-32-10-4-1-7-28(32)29-8-2-5-11-33(29)39/h1-22,40H. The number of para-hydroxylation sites is 3. The number of rotatable bonds is 3. The van der Waals surface area contributed by atoms with Gasteiger partial charge < -0.3 is 9.67 Å². The first-order valence-corrected chi connectivity index (χ1v) is 13.3. The van der Waals surface area contributed by atoms with E-state index in [1.165, 1.54) is 21.8 Å². The Labute approximate surface area is 230 Å². The van der Waals surface area contributed by atoms with E-state index in [-0.39, 0.29) is 5.75 Å². The molecule has 0 spiro atoms. The quantitative estimate of drug-likeness (QED) is 0.240. The molecule has 8 aromatic rings. The zero-order chi connectivity index (χ0) is 26.6. The van der Waals surface area contributed by atoms with E-state index in [4.69, 9.17) is 9.97 Å². The molecule has 8 rings (SSSR count). The third kappa shape index (κ3) is 3.47. The van der Waals surface area contributed by atoms with Crippen LogP contribution in [-0.4, -0.2) is 19.6 Å². The molecule has 0 aliphatic rings. The van der Waals surface area contributed by atoms with E-state index in [2.05, 4.69) is 95.6 Å². The summed E-state index contributed by atoms with van der Waals surface area (Å²) in [6.45, 7) is 0. The molecule has 1 N–H and O–H groups in total. The number of aromatic nitrogens is 3. The molecule has 5 aromatic carbocycles. The summed E-state index contributed by atoms with van der Waals surface area (Å²) in [6, 6.07) is 43.4. The van der Waals surface area contributed by atoms with E-state index in [1.807, 2.05) is 36.5 Å². The van der Waals surface area contributed by atoms with Crippen LogP contribution >= 0.6 is 0 Å². The molecule has 4 heteroatoms. The molecule has 0 radical (unpaired) electrons. The lowest BCUT2D eigenvalue weighted by molar-refractivity contribution is 0.477. The lowest BCUT2D eigenvalue weighted by Crippen LogP contribution is -1.94. The first kappa shape index (κ1) is 22.5. The average Bonchev–Trinajstić information content (AvgIpc) is 3.35. The highest BCUT2D eigenvalue weighted by Gasteiger charge is 2.13. The van der Waals surface area contributed by atoms with Gasteiger partial charge in [-0.1, -0.05) is 78.9 Å². The average molecular weight is 514 g/mol. The number of phenolic OH excluding ortho intramolecular Hbond substituents is 1. The van der Waals surface area contributed by atoms with Crippen molar-refractivity contribution in [2.45, 2.75) is 0 Å². The Bertz CT molecular complexity index is 2180. The van der Waals surface area contributed by atoms with Crippen LogP contribution in [0.5, 0.6) is 5.75 Å². The smallest absolute Gasteiger partial charge is 0.124 e. The maximum absolute atomic E-state index is 10.3. The van der Waals surface area contributed by atoms with Crippen LogP contribution in [0.1, 0.15) is 0 Å². The molecule has 0 fully saturated rings. The van der Waals surface area contributed by atoms with Gasteiger partial charge in [-0.2, -0.15) is 0 Å². The number of aromatic hydroxyl groups is 1. The molecule has 188 valence electrons. The van der Waals surface area contributed by atoms with Crippen LogP contribution in [0.4, 0.5) is 0 Å². The van der Waals surface area contributed by atoms with Crippen molar-refractivity contribution in [2.24, 2.45) is 0 Å². The second kappa shape index (κ2) is 8.79. The fourth-order valence-electron chi connectivity index (χ4n) is 5.78. The van der Waals surface area contributed by atoms with Crippen LogP contribution in [-0.2, 0) is 0 Å². The maximum Gasteiger partial charge on any atom is 0.124 e. The van der Waals surface area contributed by atoms with Crippen molar-refractivity contribution in [3.05, 3.63) is 134 Å². The largest absolute Gasteiger partial charge is 0.507 e. The fourth-order valence-corrected chi connectivity index (χ4v) is 5.78. The summed E-state index contributed by atoms with van der Waals surface area (Å²) in [6.07, 6.45) is 1.92. The van der Waals surface area contributed by atoms with Crippen molar-refractivity contribution in [3.63, 3.8) is 0 Å². The van der Waals surface area contributed by atoms with Gasteiger partial charge in [-0.05, 0) is 54.1 Å². The van der Waals surface area contributed by atoms with Gasteiger partial charge in [0, 0.05) is 44.6 Å². The first-order valence-electron chi connectivity index (χ1n) is 13.3. The topological polar surface area (TPSA) is 50.9 Å². The zero-order valence-electron chi connectivity index (χ0n) is 21.5.